The Bertz CT molecular complexity index is 206. The van der Waals surface area contributed by atoms with Gasteiger partial charge in [-0.1, -0.05) is 0 Å². The number of carbonyl (C=O) groups is 1. The number of rotatable bonds is 8. The molecule has 0 atom stereocenters. The first-order valence-corrected chi connectivity index (χ1v) is 6.22. The molecule has 0 aromatic heterocycles. The molecule has 4 heteroatoms. The van der Waals surface area contributed by atoms with Crippen LogP contribution in [-0.2, 0) is 19.0 Å². The van der Waals surface area contributed by atoms with Gasteiger partial charge >= 0.3 is 5.97 Å². The fraction of sp³-hybridized carbons (Fsp3) is 0.923. The first kappa shape index (κ1) is 16.4. The second kappa shape index (κ2) is 8.48. The summed E-state index contributed by atoms with van der Waals surface area (Å²) in [6, 6.07) is 0. The molecule has 0 N–H and O–H groups in total. The standard InChI is InChI=1S/C13H26O4/c1-11(2)16-10-9-15-8-6-7-12(14)17-13(3,4)5/h11H,6-10H2,1-5H3. The zero-order valence-corrected chi connectivity index (χ0v) is 11.7. The average molecular weight is 246 g/mol. The van der Waals surface area contributed by atoms with E-state index in [2.05, 4.69) is 0 Å². The Morgan fingerprint density at radius 1 is 1.12 bits per heavy atom. The fourth-order valence-corrected chi connectivity index (χ4v) is 1.16. The lowest BCUT2D eigenvalue weighted by Gasteiger charge is -2.19. The molecule has 0 aromatic carbocycles. The van der Waals surface area contributed by atoms with Gasteiger partial charge in [-0.3, -0.25) is 4.79 Å². The molecule has 0 aromatic rings. The van der Waals surface area contributed by atoms with Gasteiger partial charge in [0.15, 0.2) is 0 Å². The lowest BCUT2D eigenvalue weighted by Crippen LogP contribution is -2.23. The van der Waals surface area contributed by atoms with Gasteiger partial charge in [-0.25, -0.2) is 0 Å². The third kappa shape index (κ3) is 13.3. The van der Waals surface area contributed by atoms with Crippen molar-refractivity contribution >= 4 is 5.97 Å². The Balaban J connectivity index is 3.31. The quantitative estimate of drug-likeness (QED) is 0.487. The summed E-state index contributed by atoms with van der Waals surface area (Å²) in [7, 11) is 0. The van der Waals surface area contributed by atoms with Crippen LogP contribution in [0.3, 0.4) is 0 Å². The minimum atomic E-state index is -0.400. The van der Waals surface area contributed by atoms with E-state index in [1.807, 2.05) is 34.6 Å². The zero-order chi connectivity index (χ0) is 13.3. The Labute approximate surface area is 105 Å². The van der Waals surface area contributed by atoms with Crippen molar-refractivity contribution in [3.8, 4) is 0 Å². The third-order valence-corrected chi connectivity index (χ3v) is 1.77. The average Bonchev–Trinajstić information content (AvgIpc) is 2.12. The number of hydrogen-bond acceptors (Lipinski definition) is 4. The molecule has 0 amide bonds. The van der Waals surface area contributed by atoms with Gasteiger partial charge in [0.25, 0.3) is 0 Å². The van der Waals surface area contributed by atoms with Crippen LogP contribution in [0.4, 0.5) is 0 Å². The molecule has 0 heterocycles. The van der Waals surface area contributed by atoms with E-state index < -0.39 is 5.60 Å². The first-order chi connectivity index (χ1) is 7.81. The fourth-order valence-electron chi connectivity index (χ4n) is 1.16. The summed E-state index contributed by atoms with van der Waals surface area (Å²) in [5.41, 5.74) is -0.400. The van der Waals surface area contributed by atoms with Crippen LogP contribution < -0.4 is 0 Å². The molecule has 0 aliphatic carbocycles. The zero-order valence-electron chi connectivity index (χ0n) is 11.7. The largest absolute Gasteiger partial charge is 0.460 e. The summed E-state index contributed by atoms with van der Waals surface area (Å²) >= 11 is 0. The number of hydrogen-bond donors (Lipinski definition) is 0. The molecule has 0 aliphatic rings. The maximum Gasteiger partial charge on any atom is 0.306 e. The van der Waals surface area contributed by atoms with Crippen molar-refractivity contribution in [1.82, 2.24) is 0 Å². The maximum atomic E-state index is 11.3. The summed E-state index contributed by atoms with van der Waals surface area (Å²) in [6.07, 6.45) is 1.33. The molecule has 0 radical (unpaired) electrons. The van der Waals surface area contributed by atoms with E-state index in [0.717, 1.165) is 0 Å². The topological polar surface area (TPSA) is 44.8 Å². The van der Waals surface area contributed by atoms with Crippen LogP contribution in [0.25, 0.3) is 0 Å². The molecule has 4 nitrogen and oxygen atoms in total. The predicted molar refractivity (Wildman–Crippen MR) is 67.0 cm³/mol. The van der Waals surface area contributed by atoms with Crippen LogP contribution in [0.2, 0.25) is 0 Å². The van der Waals surface area contributed by atoms with Crippen LogP contribution in [-0.4, -0.2) is 37.5 Å². The van der Waals surface area contributed by atoms with Crippen molar-refractivity contribution in [1.29, 1.82) is 0 Å². The smallest absolute Gasteiger partial charge is 0.306 e. The monoisotopic (exact) mass is 246 g/mol. The van der Waals surface area contributed by atoms with Crippen molar-refractivity contribution in [3.63, 3.8) is 0 Å². The molecular formula is C13H26O4. The van der Waals surface area contributed by atoms with Gasteiger partial charge in [0.2, 0.25) is 0 Å². The molecule has 0 rings (SSSR count). The van der Waals surface area contributed by atoms with E-state index in [-0.39, 0.29) is 12.1 Å². The van der Waals surface area contributed by atoms with E-state index in [1.54, 1.807) is 0 Å². The summed E-state index contributed by atoms with van der Waals surface area (Å²) < 4.78 is 15.8. The molecule has 0 aliphatic heterocycles. The second-order valence-corrected chi connectivity index (χ2v) is 5.22. The van der Waals surface area contributed by atoms with E-state index in [9.17, 15) is 4.79 Å². The van der Waals surface area contributed by atoms with Crippen LogP contribution in [0, 0.1) is 0 Å². The summed E-state index contributed by atoms with van der Waals surface area (Å²) in [6.45, 7) is 11.3. The molecule has 0 spiro atoms. The van der Waals surface area contributed by atoms with E-state index in [1.165, 1.54) is 0 Å². The molecule has 0 unspecified atom stereocenters. The summed E-state index contributed by atoms with van der Waals surface area (Å²) in [5.74, 6) is -0.167. The van der Waals surface area contributed by atoms with Crippen molar-refractivity contribution in [2.75, 3.05) is 19.8 Å². The minimum Gasteiger partial charge on any atom is -0.460 e. The minimum absolute atomic E-state index is 0.167. The van der Waals surface area contributed by atoms with E-state index >= 15 is 0 Å². The van der Waals surface area contributed by atoms with Gasteiger partial charge in [0.1, 0.15) is 5.60 Å². The number of carbonyl (C=O) groups excluding carboxylic acids is 1. The van der Waals surface area contributed by atoms with E-state index in [4.69, 9.17) is 14.2 Å². The number of ether oxygens (including phenoxy) is 3. The number of esters is 1. The van der Waals surface area contributed by atoms with Crippen LogP contribution >= 0.6 is 0 Å². The van der Waals surface area contributed by atoms with Crippen LogP contribution in [0.15, 0.2) is 0 Å². The molecule has 0 saturated heterocycles. The van der Waals surface area contributed by atoms with Gasteiger partial charge in [-0.05, 0) is 41.0 Å². The summed E-state index contributed by atoms with van der Waals surface area (Å²) in [5, 5.41) is 0. The van der Waals surface area contributed by atoms with Crippen LogP contribution in [0.1, 0.15) is 47.5 Å². The molecule has 0 saturated carbocycles. The highest BCUT2D eigenvalue weighted by molar-refractivity contribution is 5.69. The second-order valence-electron chi connectivity index (χ2n) is 5.22. The van der Waals surface area contributed by atoms with Gasteiger partial charge in [-0.15, -0.1) is 0 Å². The van der Waals surface area contributed by atoms with Crippen molar-refractivity contribution in [2.24, 2.45) is 0 Å². The SMILES string of the molecule is CC(C)OCCOCCCC(=O)OC(C)(C)C. The van der Waals surface area contributed by atoms with E-state index in [0.29, 0.717) is 32.7 Å². The van der Waals surface area contributed by atoms with Gasteiger partial charge in [0.05, 0.1) is 19.3 Å². The summed E-state index contributed by atoms with van der Waals surface area (Å²) in [4.78, 5) is 11.3. The normalized spacial score (nSPS) is 11.9. The molecule has 0 bridgehead atoms. The molecule has 0 fully saturated rings. The lowest BCUT2D eigenvalue weighted by atomic mass is 10.2. The van der Waals surface area contributed by atoms with Gasteiger partial charge in [-0.2, -0.15) is 0 Å². The maximum absolute atomic E-state index is 11.3. The van der Waals surface area contributed by atoms with Crippen molar-refractivity contribution in [2.45, 2.75) is 59.2 Å². The molecule has 102 valence electrons. The molecule has 17 heavy (non-hydrogen) atoms. The third-order valence-electron chi connectivity index (χ3n) is 1.77. The highest BCUT2D eigenvalue weighted by Crippen LogP contribution is 2.08. The lowest BCUT2D eigenvalue weighted by molar-refractivity contribution is -0.155. The first-order valence-electron chi connectivity index (χ1n) is 6.22. The Hall–Kier alpha value is -0.610. The van der Waals surface area contributed by atoms with Crippen molar-refractivity contribution in [3.05, 3.63) is 0 Å². The highest BCUT2D eigenvalue weighted by Gasteiger charge is 2.15. The Morgan fingerprint density at radius 3 is 2.29 bits per heavy atom. The van der Waals surface area contributed by atoms with Gasteiger partial charge < -0.3 is 14.2 Å². The predicted octanol–water partition coefficient (Wildman–Crippen LogP) is 2.55. The van der Waals surface area contributed by atoms with Gasteiger partial charge in [0, 0.05) is 13.0 Å². The highest BCUT2D eigenvalue weighted by atomic mass is 16.6. The molecular weight excluding hydrogens is 220 g/mol. The van der Waals surface area contributed by atoms with Crippen LogP contribution in [0.5, 0.6) is 0 Å². The Kier molecular flexibility index (Phi) is 8.17. The Morgan fingerprint density at radius 2 is 1.76 bits per heavy atom. The van der Waals surface area contributed by atoms with Crippen molar-refractivity contribution < 1.29 is 19.0 Å².